The lowest BCUT2D eigenvalue weighted by molar-refractivity contribution is 0.484. The van der Waals surface area contributed by atoms with Gasteiger partial charge in [-0.05, 0) is 30.2 Å². The third kappa shape index (κ3) is 3.28. The van der Waals surface area contributed by atoms with Crippen LogP contribution in [0.15, 0.2) is 36.4 Å². The van der Waals surface area contributed by atoms with Gasteiger partial charge in [-0.2, -0.15) is 0 Å². The molecule has 2 N–H and O–H groups in total. The Balaban J connectivity index is 2.25. The molecule has 1 unspecified atom stereocenters. The fourth-order valence-corrected chi connectivity index (χ4v) is 2.06. The van der Waals surface area contributed by atoms with Gasteiger partial charge < -0.3 is 5.73 Å². The Morgan fingerprint density at radius 1 is 1.00 bits per heavy atom. The number of rotatable bonds is 3. The van der Waals surface area contributed by atoms with Gasteiger partial charge >= 0.3 is 0 Å². The summed E-state index contributed by atoms with van der Waals surface area (Å²) >= 11 is 5.83. The van der Waals surface area contributed by atoms with E-state index in [1.807, 2.05) is 0 Å². The van der Waals surface area contributed by atoms with Gasteiger partial charge in [0.05, 0.1) is 0 Å². The fraction of sp³-hybridized carbons (Fsp3) is 0.143. The predicted octanol–water partition coefficient (Wildman–Crippen LogP) is 4.00. The molecule has 0 heterocycles. The maximum Gasteiger partial charge on any atom is 0.161 e. The highest BCUT2D eigenvalue weighted by atomic mass is 35.5. The van der Waals surface area contributed by atoms with Crippen LogP contribution in [-0.4, -0.2) is 0 Å². The zero-order valence-electron chi connectivity index (χ0n) is 9.84. The van der Waals surface area contributed by atoms with E-state index in [-0.39, 0.29) is 12.0 Å². The molecule has 0 saturated carbocycles. The van der Waals surface area contributed by atoms with Crippen molar-refractivity contribution in [2.75, 3.05) is 0 Å². The van der Waals surface area contributed by atoms with Gasteiger partial charge in [0.25, 0.3) is 0 Å². The molecule has 0 saturated heterocycles. The molecule has 0 radical (unpaired) electrons. The molecule has 1 nitrogen and oxygen atoms in total. The topological polar surface area (TPSA) is 26.0 Å². The van der Waals surface area contributed by atoms with Gasteiger partial charge in [0.2, 0.25) is 0 Å². The highest BCUT2D eigenvalue weighted by Crippen LogP contribution is 2.23. The van der Waals surface area contributed by atoms with Crippen LogP contribution in [0.25, 0.3) is 0 Å². The first kappa shape index (κ1) is 13.9. The summed E-state index contributed by atoms with van der Waals surface area (Å²) in [6, 6.07) is 7.44. The molecule has 100 valence electrons. The van der Waals surface area contributed by atoms with Crippen molar-refractivity contribution in [1.29, 1.82) is 0 Å². The molecule has 2 rings (SSSR count). The third-order valence-electron chi connectivity index (χ3n) is 2.78. The number of nitrogens with two attached hydrogens (primary N) is 1. The van der Waals surface area contributed by atoms with E-state index in [4.69, 9.17) is 17.3 Å². The van der Waals surface area contributed by atoms with Crippen LogP contribution in [0.3, 0.4) is 0 Å². The number of benzene rings is 2. The SMILES string of the molecule is NC(Cc1cccc(Cl)c1)c1cc(F)c(F)cc1F. The van der Waals surface area contributed by atoms with Gasteiger partial charge in [-0.3, -0.25) is 0 Å². The van der Waals surface area contributed by atoms with E-state index in [2.05, 4.69) is 0 Å². The van der Waals surface area contributed by atoms with Crippen LogP contribution in [0, 0.1) is 17.5 Å². The van der Waals surface area contributed by atoms with Gasteiger partial charge in [-0.15, -0.1) is 0 Å². The number of hydrogen-bond donors (Lipinski definition) is 1. The first-order valence-electron chi connectivity index (χ1n) is 5.62. The molecule has 0 amide bonds. The molecular formula is C14H11ClF3N. The van der Waals surface area contributed by atoms with Crippen molar-refractivity contribution in [2.24, 2.45) is 5.73 Å². The molecule has 2 aromatic rings. The fourth-order valence-electron chi connectivity index (χ4n) is 1.85. The summed E-state index contributed by atoms with van der Waals surface area (Å²) in [5, 5.41) is 0.537. The van der Waals surface area contributed by atoms with E-state index in [9.17, 15) is 13.2 Å². The maximum absolute atomic E-state index is 13.6. The van der Waals surface area contributed by atoms with Crippen molar-refractivity contribution in [3.05, 3.63) is 70.0 Å². The van der Waals surface area contributed by atoms with Crippen LogP contribution >= 0.6 is 11.6 Å². The average molecular weight is 286 g/mol. The van der Waals surface area contributed by atoms with Gasteiger partial charge in [0.1, 0.15) is 5.82 Å². The van der Waals surface area contributed by atoms with Crippen LogP contribution in [0.4, 0.5) is 13.2 Å². The molecule has 5 heteroatoms. The molecular weight excluding hydrogens is 275 g/mol. The second-order valence-corrected chi connectivity index (χ2v) is 4.66. The smallest absolute Gasteiger partial charge is 0.161 e. The van der Waals surface area contributed by atoms with Gasteiger partial charge in [-0.1, -0.05) is 23.7 Å². The molecule has 0 spiro atoms. The van der Waals surface area contributed by atoms with E-state index in [1.165, 1.54) is 0 Å². The monoisotopic (exact) mass is 285 g/mol. The summed E-state index contributed by atoms with van der Waals surface area (Å²) in [6.45, 7) is 0. The second-order valence-electron chi connectivity index (χ2n) is 4.23. The summed E-state index contributed by atoms with van der Waals surface area (Å²) in [7, 11) is 0. The lowest BCUT2D eigenvalue weighted by Crippen LogP contribution is -2.15. The van der Waals surface area contributed by atoms with E-state index < -0.39 is 23.5 Å². The first-order valence-corrected chi connectivity index (χ1v) is 5.99. The van der Waals surface area contributed by atoms with Crippen molar-refractivity contribution in [1.82, 2.24) is 0 Å². The van der Waals surface area contributed by atoms with E-state index in [0.717, 1.165) is 11.6 Å². The minimum atomic E-state index is -1.23. The molecule has 2 aromatic carbocycles. The Labute approximate surface area is 113 Å². The Kier molecular flexibility index (Phi) is 4.12. The largest absolute Gasteiger partial charge is 0.324 e. The highest BCUT2D eigenvalue weighted by molar-refractivity contribution is 6.30. The Morgan fingerprint density at radius 2 is 1.68 bits per heavy atom. The molecule has 0 aromatic heterocycles. The minimum Gasteiger partial charge on any atom is -0.324 e. The predicted molar refractivity (Wildman–Crippen MR) is 68.4 cm³/mol. The number of halogens is 4. The average Bonchev–Trinajstić information content (AvgIpc) is 2.33. The lowest BCUT2D eigenvalue weighted by atomic mass is 9.99. The van der Waals surface area contributed by atoms with Crippen LogP contribution in [0.5, 0.6) is 0 Å². The Bertz CT molecular complexity index is 601. The molecule has 1 atom stereocenters. The van der Waals surface area contributed by atoms with Crippen LogP contribution in [-0.2, 0) is 6.42 Å². The van der Waals surface area contributed by atoms with Gasteiger partial charge in [-0.25, -0.2) is 13.2 Å². The van der Waals surface area contributed by atoms with Crippen molar-refractivity contribution in [2.45, 2.75) is 12.5 Å². The lowest BCUT2D eigenvalue weighted by Gasteiger charge is -2.13. The van der Waals surface area contributed by atoms with E-state index in [1.54, 1.807) is 24.3 Å². The molecule has 19 heavy (non-hydrogen) atoms. The van der Waals surface area contributed by atoms with E-state index >= 15 is 0 Å². The van der Waals surface area contributed by atoms with Crippen LogP contribution < -0.4 is 5.73 Å². The zero-order chi connectivity index (χ0) is 14.0. The molecule has 0 fully saturated rings. The Hall–Kier alpha value is -1.52. The molecule has 0 aliphatic heterocycles. The van der Waals surface area contributed by atoms with Crippen molar-refractivity contribution in [3.63, 3.8) is 0 Å². The summed E-state index contributed by atoms with van der Waals surface area (Å²) in [5.74, 6) is -3.19. The van der Waals surface area contributed by atoms with Crippen LogP contribution in [0.1, 0.15) is 17.2 Å². The number of hydrogen-bond acceptors (Lipinski definition) is 1. The third-order valence-corrected chi connectivity index (χ3v) is 3.02. The Morgan fingerprint density at radius 3 is 2.37 bits per heavy atom. The quantitative estimate of drug-likeness (QED) is 0.848. The summed E-state index contributed by atoms with van der Waals surface area (Å²) < 4.78 is 39.5. The van der Waals surface area contributed by atoms with Crippen molar-refractivity contribution < 1.29 is 13.2 Å². The second kappa shape index (κ2) is 5.63. The van der Waals surface area contributed by atoms with E-state index in [0.29, 0.717) is 11.1 Å². The molecule has 0 aliphatic carbocycles. The van der Waals surface area contributed by atoms with Crippen molar-refractivity contribution >= 4 is 11.6 Å². The van der Waals surface area contributed by atoms with Crippen molar-refractivity contribution in [3.8, 4) is 0 Å². The maximum atomic E-state index is 13.6. The minimum absolute atomic E-state index is 0.0566. The first-order chi connectivity index (χ1) is 8.97. The molecule has 0 aliphatic rings. The normalized spacial score (nSPS) is 12.5. The highest BCUT2D eigenvalue weighted by Gasteiger charge is 2.16. The standard InChI is InChI=1S/C14H11ClF3N/c15-9-3-1-2-8(4-9)5-14(19)10-6-12(17)13(18)7-11(10)16/h1-4,6-7,14H,5,19H2. The van der Waals surface area contributed by atoms with Crippen LogP contribution in [0.2, 0.25) is 5.02 Å². The summed E-state index contributed by atoms with van der Waals surface area (Å²) in [4.78, 5) is 0. The summed E-state index contributed by atoms with van der Waals surface area (Å²) in [6.07, 6.45) is 0.280. The van der Waals surface area contributed by atoms with Gasteiger partial charge in [0, 0.05) is 22.7 Å². The zero-order valence-corrected chi connectivity index (χ0v) is 10.6. The molecule has 0 bridgehead atoms. The van der Waals surface area contributed by atoms with Gasteiger partial charge in [0.15, 0.2) is 11.6 Å². The summed E-state index contributed by atoms with van der Waals surface area (Å²) in [5.41, 5.74) is 6.56.